The van der Waals surface area contributed by atoms with E-state index >= 15 is 0 Å². The van der Waals surface area contributed by atoms with E-state index < -0.39 is 6.10 Å². The van der Waals surface area contributed by atoms with E-state index in [1.165, 1.54) is 7.11 Å². The second kappa shape index (κ2) is 10.2. The first-order chi connectivity index (χ1) is 14.9. The van der Waals surface area contributed by atoms with Gasteiger partial charge in [-0.1, -0.05) is 19.0 Å². The van der Waals surface area contributed by atoms with Gasteiger partial charge < -0.3 is 29.5 Å². The fraction of sp³-hybridized carbons (Fsp3) is 0.409. The summed E-state index contributed by atoms with van der Waals surface area (Å²) in [6.07, 6.45) is -0.950. The van der Waals surface area contributed by atoms with E-state index in [2.05, 4.69) is 34.3 Å². The third-order valence-electron chi connectivity index (χ3n) is 4.38. The SMILES string of the molecule is COc1cc(OC[C@@H](O)CO)ccc1-c1noc(-c2cc(C)nc(NCC(C)C)c2)n1. The van der Waals surface area contributed by atoms with Gasteiger partial charge in [0.25, 0.3) is 5.89 Å². The molecule has 9 nitrogen and oxygen atoms in total. The highest BCUT2D eigenvalue weighted by molar-refractivity contribution is 5.68. The summed E-state index contributed by atoms with van der Waals surface area (Å²) in [5.74, 6) is 2.98. The second-order valence-corrected chi connectivity index (χ2v) is 7.59. The molecule has 0 amide bonds. The molecular weight excluding hydrogens is 400 g/mol. The number of anilines is 1. The van der Waals surface area contributed by atoms with Crippen molar-refractivity contribution < 1.29 is 24.2 Å². The number of pyridine rings is 1. The fourth-order valence-corrected chi connectivity index (χ4v) is 2.83. The van der Waals surface area contributed by atoms with Crippen molar-refractivity contribution in [1.82, 2.24) is 15.1 Å². The van der Waals surface area contributed by atoms with Crippen LogP contribution in [-0.4, -0.2) is 58.3 Å². The Morgan fingerprint density at radius 1 is 1.16 bits per heavy atom. The lowest BCUT2D eigenvalue weighted by molar-refractivity contribution is 0.0535. The van der Waals surface area contributed by atoms with Gasteiger partial charge in [-0.2, -0.15) is 4.98 Å². The Kier molecular flexibility index (Phi) is 7.43. The van der Waals surface area contributed by atoms with E-state index in [0.29, 0.717) is 34.7 Å². The molecule has 2 aromatic heterocycles. The van der Waals surface area contributed by atoms with Crippen LogP contribution in [0.2, 0.25) is 0 Å². The second-order valence-electron chi connectivity index (χ2n) is 7.59. The summed E-state index contributed by atoms with van der Waals surface area (Å²) in [6.45, 7) is 6.59. The number of hydrogen-bond acceptors (Lipinski definition) is 9. The van der Waals surface area contributed by atoms with Crippen LogP contribution in [0.5, 0.6) is 11.5 Å². The van der Waals surface area contributed by atoms with E-state index in [1.54, 1.807) is 18.2 Å². The Bertz CT molecular complexity index is 1010. The number of aliphatic hydroxyl groups excluding tert-OH is 2. The Morgan fingerprint density at radius 3 is 2.68 bits per heavy atom. The zero-order valence-corrected chi connectivity index (χ0v) is 18.1. The summed E-state index contributed by atoms with van der Waals surface area (Å²) >= 11 is 0. The van der Waals surface area contributed by atoms with Gasteiger partial charge in [0.2, 0.25) is 5.82 Å². The molecule has 0 unspecified atom stereocenters. The lowest BCUT2D eigenvalue weighted by atomic mass is 10.1. The third-order valence-corrected chi connectivity index (χ3v) is 4.38. The van der Waals surface area contributed by atoms with Crippen molar-refractivity contribution in [2.75, 3.05) is 32.2 Å². The molecule has 0 aliphatic heterocycles. The summed E-state index contributed by atoms with van der Waals surface area (Å²) in [7, 11) is 1.53. The van der Waals surface area contributed by atoms with E-state index in [-0.39, 0.29) is 13.2 Å². The standard InChI is InChI=1S/C22H28N4O5/c1-13(2)10-23-20-8-15(7-14(3)24-20)22-25-21(26-31-22)18-6-5-17(9-19(18)29-4)30-12-16(28)11-27/h5-9,13,16,27-28H,10-12H2,1-4H3,(H,23,24)/t16-/m0/s1. The maximum Gasteiger partial charge on any atom is 0.258 e. The van der Waals surface area contributed by atoms with Gasteiger partial charge in [-0.3, -0.25) is 0 Å². The van der Waals surface area contributed by atoms with E-state index in [0.717, 1.165) is 23.6 Å². The molecule has 0 saturated carbocycles. The molecule has 0 fully saturated rings. The van der Waals surface area contributed by atoms with Crippen molar-refractivity contribution in [2.24, 2.45) is 5.92 Å². The molecule has 0 spiro atoms. The number of aryl methyl sites for hydroxylation is 1. The molecule has 1 atom stereocenters. The molecule has 0 bridgehead atoms. The monoisotopic (exact) mass is 428 g/mol. The van der Waals surface area contributed by atoms with Crippen molar-refractivity contribution in [3.05, 3.63) is 36.0 Å². The van der Waals surface area contributed by atoms with E-state index in [9.17, 15) is 5.11 Å². The Hall–Kier alpha value is -3.17. The minimum absolute atomic E-state index is 0.0278. The van der Waals surface area contributed by atoms with Crippen LogP contribution >= 0.6 is 0 Å². The number of ether oxygens (including phenoxy) is 2. The molecule has 0 saturated heterocycles. The van der Waals surface area contributed by atoms with E-state index in [1.807, 2.05) is 19.1 Å². The van der Waals surface area contributed by atoms with Crippen molar-refractivity contribution >= 4 is 5.82 Å². The summed E-state index contributed by atoms with van der Waals surface area (Å²) in [5, 5.41) is 25.8. The van der Waals surface area contributed by atoms with Crippen molar-refractivity contribution in [3.63, 3.8) is 0 Å². The molecule has 0 radical (unpaired) electrons. The molecule has 3 N–H and O–H groups in total. The molecule has 0 aliphatic carbocycles. The zero-order chi connectivity index (χ0) is 22.4. The van der Waals surface area contributed by atoms with Crippen LogP contribution in [0, 0.1) is 12.8 Å². The van der Waals surface area contributed by atoms with Crippen molar-refractivity contribution in [3.8, 4) is 34.3 Å². The molecule has 1 aromatic carbocycles. The maximum absolute atomic E-state index is 9.44. The van der Waals surface area contributed by atoms with Crippen LogP contribution in [0.1, 0.15) is 19.5 Å². The van der Waals surface area contributed by atoms with Gasteiger partial charge >= 0.3 is 0 Å². The minimum atomic E-state index is -0.950. The lowest BCUT2D eigenvalue weighted by Gasteiger charge is -2.12. The van der Waals surface area contributed by atoms with Gasteiger partial charge in [0.15, 0.2) is 0 Å². The van der Waals surface area contributed by atoms with Gasteiger partial charge in [0, 0.05) is 23.9 Å². The predicted molar refractivity (Wildman–Crippen MR) is 116 cm³/mol. The van der Waals surface area contributed by atoms with E-state index in [4.69, 9.17) is 19.1 Å². The van der Waals surface area contributed by atoms with Gasteiger partial charge in [-0.05, 0) is 37.1 Å². The molecule has 3 aromatic rings. The van der Waals surface area contributed by atoms with Gasteiger partial charge in [0.1, 0.15) is 30.0 Å². The number of nitrogens with zero attached hydrogens (tertiary/aromatic N) is 3. The summed E-state index contributed by atoms with van der Waals surface area (Å²) in [4.78, 5) is 9.03. The number of benzene rings is 1. The normalized spacial score (nSPS) is 12.1. The maximum atomic E-state index is 9.44. The molecule has 3 rings (SSSR count). The topological polar surface area (TPSA) is 123 Å². The average Bonchev–Trinajstić information content (AvgIpc) is 3.25. The van der Waals surface area contributed by atoms with Gasteiger partial charge in [-0.25, -0.2) is 4.98 Å². The highest BCUT2D eigenvalue weighted by Gasteiger charge is 2.17. The number of nitrogens with one attached hydrogen (secondary N) is 1. The number of rotatable bonds is 10. The Morgan fingerprint density at radius 2 is 1.97 bits per heavy atom. The van der Waals surface area contributed by atoms with Crippen molar-refractivity contribution in [1.29, 1.82) is 0 Å². The Balaban J connectivity index is 1.83. The van der Waals surface area contributed by atoms with Crippen LogP contribution in [0.25, 0.3) is 22.8 Å². The molecule has 2 heterocycles. The molecular formula is C22H28N4O5. The number of methoxy groups -OCH3 is 1. The smallest absolute Gasteiger partial charge is 0.258 e. The quantitative estimate of drug-likeness (QED) is 0.447. The van der Waals surface area contributed by atoms with Crippen LogP contribution in [-0.2, 0) is 0 Å². The van der Waals surface area contributed by atoms with Gasteiger partial charge in [-0.15, -0.1) is 0 Å². The predicted octanol–water partition coefficient (Wildman–Crippen LogP) is 2.92. The van der Waals surface area contributed by atoms with Crippen LogP contribution < -0.4 is 14.8 Å². The average molecular weight is 428 g/mol. The summed E-state index contributed by atoms with van der Waals surface area (Å²) in [5.41, 5.74) is 2.25. The minimum Gasteiger partial charge on any atom is -0.496 e. The fourth-order valence-electron chi connectivity index (χ4n) is 2.83. The largest absolute Gasteiger partial charge is 0.496 e. The Labute approximate surface area is 181 Å². The zero-order valence-electron chi connectivity index (χ0n) is 18.1. The first-order valence-corrected chi connectivity index (χ1v) is 10.1. The van der Waals surface area contributed by atoms with Crippen LogP contribution in [0.4, 0.5) is 5.82 Å². The molecule has 0 aliphatic rings. The van der Waals surface area contributed by atoms with Crippen LogP contribution in [0.15, 0.2) is 34.9 Å². The first-order valence-electron chi connectivity index (χ1n) is 10.1. The summed E-state index contributed by atoms with van der Waals surface area (Å²) < 4.78 is 16.4. The number of hydrogen-bond donors (Lipinski definition) is 3. The van der Waals surface area contributed by atoms with Crippen molar-refractivity contribution in [2.45, 2.75) is 26.9 Å². The molecule has 9 heteroatoms. The van der Waals surface area contributed by atoms with Crippen LogP contribution in [0.3, 0.4) is 0 Å². The highest BCUT2D eigenvalue weighted by atomic mass is 16.5. The third kappa shape index (κ3) is 5.93. The highest BCUT2D eigenvalue weighted by Crippen LogP contribution is 2.33. The first kappa shape index (κ1) is 22.5. The molecule has 166 valence electrons. The lowest BCUT2D eigenvalue weighted by Crippen LogP contribution is -2.21. The number of aliphatic hydroxyl groups is 2. The molecule has 31 heavy (non-hydrogen) atoms. The number of aromatic nitrogens is 3. The van der Waals surface area contributed by atoms with Gasteiger partial charge in [0.05, 0.1) is 19.3 Å². The summed E-state index contributed by atoms with van der Waals surface area (Å²) in [6, 6.07) is 8.90.